The summed E-state index contributed by atoms with van der Waals surface area (Å²) < 4.78 is 71.1. The minimum Gasteiger partial charge on any atom is -0.475 e. The smallest absolute Gasteiger partial charge is 0.475 e. The summed E-state index contributed by atoms with van der Waals surface area (Å²) in [5.74, 6) is -3.43. The number of hydrogen-bond donors (Lipinski definition) is 2. The third kappa shape index (κ3) is 10.0. The summed E-state index contributed by atoms with van der Waals surface area (Å²) in [6, 6.07) is 0.542. The van der Waals surface area contributed by atoms with Gasteiger partial charge in [0.15, 0.2) is 0 Å². The van der Waals surface area contributed by atoms with E-state index >= 15 is 0 Å². The summed E-state index contributed by atoms with van der Waals surface area (Å²) in [7, 11) is 2.16. The third-order valence-corrected chi connectivity index (χ3v) is 5.37. The SMILES string of the molecule is Cc1noc(C)c1CN1CCn2c(CN(C)C(C)C)cnc2C1.O=C(O)C(F)(F)F.O=C(O)C(F)(F)F. The van der Waals surface area contributed by atoms with Gasteiger partial charge in [0.05, 0.1) is 17.9 Å². The Bertz CT molecular complexity index is 1000. The van der Waals surface area contributed by atoms with E-state index < -0.39 is 24.3 Å². The Hall–Kier alpha value is -3.14. The summed E-state index contributed by atoms with van der Waals surface area (Å²) in [5.41, 5.74) is 3.52. The number of aromatic nitrogens is 3. The van der Waals surface area contributed by atoms with Crippen LogP contribution in [0.3, 0.4) is 0 Å². The Morgan fingerprint density at radius 1 is 1.08 bits per heavy atom. The number of imidazole rings is 1. The average Bonchev–Trinajstić information content (AvgIpc) is 3.30. The maximum Gasteiger partial charge on any atom is 0.490 e. The van der Waals surface area contributed by atoms with Gasteiger partial charge < -0.3 is 19.3 Å². The maximum atomic E-state index is 10.6. The molecule has 2 aromatic rings. The van der Waals surface area contributed by atoms with Gasteiger partial charge in [0.1, 0.15) is 11.6 Å². The second-order valence-electron chi connectivity index (χ2n) is 8.45. The minimum atomic E-state index is -5.08. The second kappa shape index (κ2) is 12.9. The molecule has 0 spiro atoms. The molecule has 0 saturated carbocycles. The first-order valence-corrected chi connectivity index (χ1v) is 10.8. The minimum absolute atomic E-state index is 0.542. The monoisotopic (exact) mass is 545 g/mol. The average molecular weight is 545 g/mol. The summed E-state index contributed by atoms with van der Waals surface area (Å²) in [4.78, 5) is 27.2. The molecule has 0 bridgehead atoms. The van der Waals surface area contributed by atoms with E-state index in [1.54, 1.807) is 0 Å². The molecule has 10 nitrogen and oxygen atoms in total. The van der Waals surface area contributed by atoms with Crippen LogP contribution >= 0.6 is 0 Å². The fourth-order valence-electron chi connectivity index (χ4n) is 3.02. The van der Waals surface area contributed by atoms with Crippen molar-refractivity contribution in [2.45, 2.75) is 72.3 Å². The number of carbonyl (C=O) groups is 2. The van der Waals surface area contributed by atoms with Crippen LogP contribution < -0.4 is 0 Å². The van der Waals surface area contributed by atoms with Crippen molar-refractivity contribution in [1.82, 2.24) is 24.5 Å². The quantitative estimate of drug-likeness (QED) is 0.542. The van der Waals surface area contributed by atoms with Gasteiger partial charge in [-0.3, -0.25) is 9.80 Å². The molecular formula is C21H29F6N5O5. The van der Waals surface area contributed by atoms with Crippen LogP contribution in [0.25, 0.3) is 0 Å². The lowest BCUT2D eigenvalue weighted by atomic mass is 10.2. The van der Waals surface area contributed by atoms with Crippen molar-refractivity contribution in [3.8, 4) is 0 Å². The Balaban J connectivity index is 0.000000404. The van der Waals surface area contributed by atoms with E-state index in [-0.39, 0.29) is 0 Å². The standard InChI is InChI=1S/C17H27N5O.2C2HF3O2/c1-12(2)20(5)9-15-8-18-17-11-21(6-7-22(15)17)10-16-13(3)19-23-14(16)4;2*3-2(4,5)1(6)7/h8,12H,6-7,9-11H2,1-5H3;2*(H,6,7). The number of carboxylic acid groups (broad SMARTS) is 2. The van der Waals surface area contributed by atoms with Gasteiger partial charge in [0.2, 0.25) is 0 Å². The summed E-state index contributed by atoms with van der Waals surface area (Å²) in [6.07, 6.45) is -8.13. The zero-order valence-corrected chi connectivity index (χ0v) is 20.8. The molecule has 0 fully saturated rings. The zero-order valence-electron chi connectivity index (χ0n) is 20.8. The third-order valence-electron chi connectivity index (χ3n) is 5.37. The van der Waals surface area contributed by atoms with Crippen molar-refractivity contribution >= 4 is 11.9 Å². The van der Waals surface area contributed by atoms with Crippen LogP contribution in [0.15, 0.2) is 10.7 Å². The molecule has 210 valence electrons. The first-order chi connectivity index (χ1) is 16.8. The molecule has 0 atom stereocenters. The van der Waals surface area contributed by atoms with Gasteiger partial charge in [-0.15, -0.1) is 0 Å². The molecule has 0 unspecified atom stereocenters. The second-order valence-corrected chi connectivity index (χ2v) is 8.45. The van der Waals surface area contributed by atoms with E-state index in [0.29, 0.717) is 6.04 Å². The fraction of sp³-hybridized carbons (Fsp3) is 0.619. The van der Waals surface area contributed by atoms with E-state index in [1.807, 2.05) is 20.0 Å². The van der Waals surface area contributed by atoms with E-state index in [9.17, 15) is 26.3 Å². The van der Waals surface area contributed by atoms with Crippen LogP contribution in [0.1, 0.15) is 42.4 Å². The van der Waals surface area contributed by atoms with Crippen molar-refractivity contribution in [1.29, 1.82) is 0 Å². The molecule has 0 radical (unpaired) electrons. The largest absolute Gasteiger partial charge is 0.490 e. The molecule has 0 saturated heterocycles. The van der Waals surface area contributed by atoms with E-state index in [0.717, 1.165) is 50.0 Å². The van der Waals surface area contributed by atoms with Gasteiger partial charge >= 0.3 is 24.3 Å². The molecular weight excluding hydrogens is 516 g/mol. The van der Waals surface area contributed by atoms with Crippen LogP contribution in [0, 0.1) is 13.8 Å². The number of aliphatic carboxylic acids is 2. The molecule has 1 aliphatic heterocycles. The summed E-state index contributed by atoms with van der Waals surface area (Å²) in [5, 5.41) is 18.3. The topological polar surface area (TPSA) is 125 Å². The van der Waals surface area contributed by atoms with Crippen LogP contribution in [0.4, 0.5) is 26.3 Å². The van der Waals surface area contributed by atoms with Gasteiger partial charge in [0.25, 0.3) is 0 Å². The number of halogens is 6. The number of rotatable bonds is 5. The van der Waals surface area contributed by atoms with Gasteiger partial charge in [-0.2, -0.15) is 26.3 Å². The number of fused-ring (bicyclic) bond motifs is 1. The molecule has 3 heterocycles. The molecule has 1 aliphatic rings. The molecule has 37 heavy (non-hydrogen) atoms. The number of aryl methyl sites for hydroxylation is 2. The fourth-order valence-corrected chi connectivity index (χ4v) is 3.02. The molecule has 0 aromatic carbocycles. The first kappa shape index (κ1) is 31.9. The van der Waals surface area contributed by atoms with E-state index in [2.05, 4.69) is 45.4 Å². The van der Waals surface area contributed by atoms with Crippen molar-refractivity contribution in [2.75, 3.05) is 13.6 Å². The van der Waals surface area contributed by atoms with Crippen molar-refractivity contribution in [3.63, 3.8) is 0 Å². The van der Waals surface area contributed by atoms with Crippen LogP contribution in [0.5, 0.6) is 0 Å². The maximum absolute atomic E-state index is 10.6. The number of carboxylic acids is 2. The highest BCUT2D eigenvalue weighted by Gasteiger charge is 2.38. The predicted molar refractivity (Wildman–Crippen MR) is 116 cm³/mol. The molecule has 0 amide bonds. The van der Waals surface area contributed by atoms with Crippen LogP contribution in [-0.4, -0.2) is 78.6 Å². The number of hydrogen-bond acceptors (Lipinski definition) is 7. The molecule has 2 N–H and O–H groups in total. The van der Waals surface area contributed by atoms with Crippen LogP contribution in [0.2, 0.25) is 0 Å². The Morgan fingerprint density at radius 3 is 2.00 bits per heavy atom. The van der Waals surface area contributed by atoms with Gasteiger partial charge in [0, 0.05) is 44.0 Å². The number of alkyl halides is 6. The lowest BCUT2D eigenvalue weighted by Gasteiger charge is -2.29. The van der Waals surface area contributed by atoms with Gasteiger partial charge in [-0.1, -0.05) is 5.16 Å². The highest BCUT2D eigenvalue weighted by Crippen LogP contribution is 2.21. The van der Waals surface area contributed by atoms with Gasteiger partial charge in [-0.25, -0.2) is 14.6 Å². The molecule has 0 aliphatic carbocycles. The van der Waals surface area contributed by atoms with Crippen LogP contribution in [-0.2, 0) is 35.8 Å². The van der Waals surface area contributed by atoms with Gasteiger partial charge in [-0.05, 0) is 34.7 Å². The lowest BCUT2D eigenvalue weighted by molar-refractivity contribution is -0.193. The molecule has 2 aromatic heterocycles. The van der Waals surface area contributed by atoms with Crippen molar-refractivity contribution < 1.29 is 50.7 Å². The Kier molecular flexibility index (Phi) is 11.1. The van der Waals surface area contributed by atoms with Crippen molar-refractivity contribution in [3.05, 3.63) is 34.7 Å². The summed E-state index contributed by atoms with van der Waals surface area (Å²) in [6.45, 7) is 13.2. The summed E-state index contributed by atoms with van der Waals surface area (Å²) >= 11 is 0. The predicted octanol–water partition coefficient (Wildman–Crippen LogP) is 3.61. The molecule has 16 heteroatoms. The van der Waals surface area contributed by atoms with Crippen molar-refractivity contribution in [2.24, 2.45) is 0 Å². The highest BCUT2D eigenvalue weighted by molar-refractivity contribution is 5.73. The Labute approximate surface area is 208 Å². The molecule has 3 rings (SSSR count). The highest BCUT2D eigenvalue weighted by atomic mass is 19.4. The lowest BCUT2D eigenvalue weighted by Crippen LogP contribution is -2.35. The normalized spacial score (nSPS) is 14.0. The number of nitrogens with zero attached hydrogens (tertiary/aromatic N) is 5. The van der Waals surface area contributed by atoms with E-state index in [1.165, 1.54) is 11.3 Å². The van der Waals surface area contributed by atoms with E-state index in [4.69, 9.17) is 24.3 Å². The zero-order chi connectivity index (χ0) is 28.7. The Morgan fingerprint density at radius 2 is 1.59 bits per heavy atom. The first-order valence-electron chi connectivity index (χ1n) is 10.8.